The molecule has 4 N–H and O–H groups in total. The maximum atomic E-state index is 12.4. The van der Waals surface area contributed by atoms with Crippen LogP contribution in [0.3, 0.4) is 0 Å². The van der Waals surface area contributed by atoms with Gasteiger partial charge in [0.2, 0.25) is 11.9 Å². The highest BCUT2D eigenvalue weighted by Gasteiger charge is 2.20. The number of ether oxygens (including phenoxy) is 3. The zero-order valence-electron chi connectivity index (χ0n) is 21.2. The fourth-order valence-electron chi connectivity index (χ4n) is 4.05. The van der Waals surface area contributed by atoms with E-state index in [1.165, 1.54) is 0 Å². The van der Waals surface area contributed by atoms with Crippen molar-refractivity contribution in [2.24, 2.45) is 0 Å². The molecule has 37 heavy (non-hydrogen) atoms. The lowest BCUT2D eigenvalue weighted by Gasteiger charge is -2.26. The summed E-state index contributed by atoms with van der Waals surface area (Å²) in [7, 11) is 0. The van der Waals surface area contributed by atoms with E-state index in [0.717, 1.165) is 62.5 Å². The highest BCUT2D eigenvalue weighted by Crippen LogP contribution is 2.43. The van der Waals surface area contributed by atoms with Crippen molar-refractivity contribution < 1.29 is 19.0 Å². The predicted molar refractivity (Wildman–Crippen MR) is 149 cm³/mol. The minimum Gasteiger partial charge on any atom is -0.493 e. The standard InChI is InChI=1S/C26H33N5O4S2/c1-3-34-20-12-17(11-18-14-29-26(28)30-25(18)27)13-21(35-4-2)24(20)22-6-5-19(37-22)15-33-16-23(32)31-7-9-36-10-8-31/h5-6,12-14H,3-4,7-11,15-16H2,1-2H3,(H4,27,28,29,30). The summed E-state index contributed by atoms with van der Waals surface area (Å²) in [6.07, 6.45) is 2.16. The van der Waals surface area contributed by atoms with Crippen LogP contribution in [-0.2, 0) is 22.6 Å². The van der Waals surface area contributed by atoms with Gasteiger partial charge in [0.05, 0.1) is 25.4 Å². The van der Waals surface area contributed by atoms with Gasteiger partial charge in [0, 0.05) is 52.5 Å². The quantitative estimate of drug-likeness (QED) is 0.371. The Balaban J connectivity index is 1.52. The summed E-state index contributed by atoms with van der Waals surface area (Å²) in [5.41, 5.74) is 14.3. The molecule has 1 amide bonds. The summed E-state index contributed by atoms with van der Waals surface area (Å²) < 4.78 is 17.9. The first kappa shape index (κ1) is 27.0. The summed E-state index contributed by atoms with van der Waals surface area (Å²) in [5, 5.41) is 0. The molecule has 1 saturated heterocycles. The van der Waals surface area contributed by atoms with E-state index in [0.29, 0.717) is 32.1 Å². The topological polar surface area (TPSA) is 126 Å². The number of hydrogen-bond donors (Lipinski definition) is 2. The SMILES string of the molecule is CCOc1cc(Cc2cnc(N)nc2N)cc(OCC)c1-c1ccc(COCC(=O)N2CCSCC2)s1. The second-order valence-corrected chi connectivity index (χ2v) is 10.8. The number of nitrogens with zero attached hydrogens (tertiary/aromatic N) is 3. The van der Waals surface area contributed by atoms with E-state index in [1.807, 2.05) is 54.8 Å². The number of carbonyl (C=O) groups excluding carboxylic acids is 1. The molecule has 1 aromatic carbocycles. The number of amides is 1. The molecule has 198 valence electrons. The van der Waals surface area contributed by atoms with Gasteiger partial charge in [0.15, 0.2) is 0 Å². The van der Waals surface area contributed by atoms with Gasteiger partial charge in [0.1, 0.15) is 23.9 Å². The Kier molecular flexibility index (Phi) is 9.48. The van der Waals surface area contributed by atoms with E-state index in [2.05, 4.69) is 9.97 Å². The lowest BCUT2D eigenvalue weighted by Crippen LogP contribution is -2.39. The molecular formula is C26H33N5O4S2. The summed E-state index contributed by atoms with van der Waals surface area (Å²) in [6.45, 7) is 6.99. The number of anilines is 2. The average Bonchev–Trinajstić information content (AvgIpc) is 3.35. The number of benzene rings is 1. The van der Waals surface area contributed by atoms with Crippen LogP contribution in [0.1, 0.15) is 29.9 Å². The van der Waals surface area contributed by atoms with Crippen molar-refractivity contribution in [2.75, 3.05) is 55.9 Å². The van der Waals surface area contributed by atoms with E-state index in [1.54, 1.807) is 17.5 Å². The molecule has 0 radical (unpaired) electrons. The number of thiophene rings is 1. The molecule has 1 aliphatic heterocycles. The maximum Gasteiger partial charge on any atom is 0.248 e. The van der Waals surface area contributed by atoms with Crippen molar-refractivity contribution in [3.63, 3.8) is 0 Å². The third-order valence-electron chi connectivity index (χ3n) is 5.78. The van der Waals surface area contributed by atoms with E-state index in [9.17, 15) is 4.79 Å². The van der Waals surface area contributed by atoms with Crippen molar-refractivity contribution in [2.45, 2.75) is 26.9 Å². The molecule has 1 aliphatic rings. The molecule has 9 nitrogen and oxygen atoms in total. The molecule has 0 saturated carbocycles. The van der Waals surface area contributed by atoms with E-state index < -0.39 is 0 Å². The van der Waals surface area contributed by atoms with Crippen molar-refractivity contribution in [1.29, 1.82) is 0 Å². The molecule has 2 aromatic heterocycles. The Labute approximate surface area is 225 Å². The van der Waals surface area contributed by atoms with Crippen LogP contribution in [-0.4, -0.2) is 65.2 Å². The maximum absolute atomic E-state index is 12.4. The number of aromatic nitrogens is 2. The molecule has 0 spiro atoms. The molecule has 11 heteroatoms. The van der Waals surface area contributed by atoms with Gasteiger partial charge in [-0.1, -0.05) is 0 Å². The van der Waals surface area contributed by atoms with Crippen LogP contribution in [0, 0.1) is 0 Å². The number of thioether (sulfide) groups is 1. The van der Waals surface area contributed by atoms with Crippen molar-refractivity contribution in [1.82, 2.24) is 14.9 Å². The lowest BCUT2D eigenvalue weighted by atomic mass is 10.0. The van der Waals surface area contributed by atoms with Crippen LogP contribution in [0.5, 0.6) is 11.5 Å². The molecule has 0 unspecified atom stereocenters. The number of hydrogen-bond acceptors (Lipinski definition) is 10. The van der Waals surface area contributed by atoms with Gasteiger partial charge < -0.3 is 30.6 Å². The van der Waals surface area contributed by atoms with E-state index in [4.69, 9.17) is 25.7 Å². The zero-order valence-corrected chi connectivity index (χ0v) is 22.8. The van der Waals surface area contributed by atoms with Crippen LogP contribution in [0.15, 0.2) is 30.5 Å². The Morgan fingerprint density at radius 3 is 2.43 bits per heavy atom. The van der Waals surface area contributed by atoms with Gasteiger partial charge in [-0.3, -0.25) is 4.79 Å². The summed E-state index contributed by atoms with van der Waals surface area (Å²) in [4.78, 5) is 24.4. The Morgan fingerprint density at radius 2 is 1.78 bits per heavy atom. The monoisotopic (exact) mass is 543 g/mol. The van der Waals surface area contributed by atoms with Crippen molar-refractivity contribution in [3.05, 3.63) is 46.5 Å². The first-order valence-electron chi connectivity index (χ1n) is 12.3. The number of nitrogens with two attached hydrogens (primary N) is 2. The van der Waals surface area contributed by atoms with Gasteiger partial charge in [-0.05, 0) is 43.7 Å². The highest BCUT2D eigenvalue weighted by atomic mass is 32.2. The third-order valence-corrected chi connectivity index (χ3v) is 7.80. The molecule has 4 rings (SSSR count). The van der Waals surface area contributed by atoms with Crippen LogP contribution < -0.4 is 20.9 Å². The largest absolute Gasteiger partial charge is 0.493 e. The Hall–Kier alpha value is -3.02. The van der Waals surface area contributed by atoms with Crippen LogP contribution in [0.4, 0.5) is 11.8 Å². The van der Waals surface area contributed by atoms with Crippen LogP contribution in [0.2, 0.25) is 0 Å². The Morgan fingerprint density at radius 1 is 1.08 bits per heavy atom. The third kappa shape index (κ3) is 7.06. The first-order valence-corrected chi connectivity index (χ1v) is 14.3. The fourth-order valence-corrected chi connectivity index (χ4v) is 5.95. The second kappa shape index (κ2) is 13.0. The van der Waals surface area contributed by atoms with Crippen molar-refractivity contribution in [3.8, 4) is 21.9 Å². The number of rotatable bonds is 11. The van der Waals surface area contributed by atoms with Gasteiger partial charge in [0.25, 0.3) is 0 Å². The number of nitrogen functional groups attached to an aromatic ring is 2. The van der Waals surface area contributed by atoms with Gasteiger partial charge in [-0.25, -0.2) is 4.98 Å². The molecule has 0 aliphatic carbocycles. The highest BCUT2D eigenvalue weighted by molar-refractivity contribution is 7.99. The molecular weight excluding hydrogens is 510 g/mol. The summed E-state index contributed by atoms with van der Waals surface area (Å²) in [6, 6.07) is 8.07. The zero-order chi connectivity index (χ0) is 26.2. The molecule has 0 bridgehead atoms. The van der Waals surface area contributed by atoms with E-state index in [-0.39, 0.29) is 18.5 Å². The van der Waals surface area contributed by atoms with Gasteiger partial charge in [-0.2, -0.15) is 16.7 Å². The molecule has 3 heterocycles. The minimum absolute atomic E-state index is 0.0528. The molecule has 0 atom stereocenters. The normalized spacial score (nSPS) is 13.5. The van der Waals surface area contributed by atoms with Crippen LogP contribution >= 0.6 is 23.1 Å². The van der Waals surface area contributed by atoms with E-state index >= 15 is 0 Å². The fraction of sp³-hybridized carbons (Fsp3) is 0.423. The molecule has 3 aromatic rings. The Bertz CT molecular complexity index is 1190. The summed E-state index contributed by atoms with van der Waals surface area (Å²) in [5.74, 6) is 3.99. The lowest BCUT2D eigenvalue weighted by molar-refractivity contribution is -0.136. The minimum atomic E-state index is 0.0528. The summed E-state index contributed by atoms with van der Waals surface area (Å²) >= 11 is 3.48. The van der Waals surface area contributed by atoms with Gasteiger partial charge in [-0.15, -0.1) is 11.3 Å². The number of carbonyl (C=O) groups is 1. The average molecular weight is 544 g/mol. The van der Waals surface area contributed by atoms with Crippen LogP contribution in [0.25, 0.3) is 10.4 Å². The van der Waals surface area contributed by atoms with Gasteiger partial charge >= 0.3 is 0 Å². The van der Waals surface area contributed by atoms with Crippen molar-refractivity contribution >= 4 is 40.8 Å². The smallest absolute Gasteiger partial charge is 0.248 e. The molecule has 1 fully saturated rings. The predicted octanol–water partition coefficient (Wildman–Crippen LogP) is 3.85. The first-order chi connectivity index (χ1) is 18.0. The second-order valence-electron chi connectivity index (χ2n) is 8.40.